The zero-order chi connectivity index (χ0) is 51.6. The number of aliphatic hydroxyl groups is 1. The van der Waals surface area contributed by atoms with Crippen molar-refractivity contribution >= 4 is 53.1 Å². The van der Waals surface area contributed by atoms with Gasteiger partial charge < -0.3 is 54.9 Å². The van der Waals surface area contributed by atoms with Crippen molar-refractivity contribution in [2.75, 3.05) is 47.0 Å². The van der Waals surface area contributed by atoms with E-state index in [9.17, 15) is 43.8 Å². The first-order valence-electron chi connectivity index (χ1n) is 24.8. The molecule has 388 valence electrons. The van der Waals surface area contributed by atoms with Gasteiger partial charge >= 0.3 is 11.9 Å². The van der Waals surface area contributed by atoms with Crippen LogP contribution in [0.3, 0.4) is 0 Å². The number of aliphatic hydroxyl groups excluding tert-OH is 1. The Balaban J connectivity index is 0.953. The van der Waals surface area contributed by atoms with Crippen LogP contribution >= 0.6 is 11.8 Å². The number of ether oxygens (including phenoxy) is 4. The van der Waals surface area contributed by atoms with Crippen molar-refractivity contribution in [3.63, 3.8) is 0 Å². The number of Topliss-reactive ketones (excluding diaryl/α,β-unsaturated/α-hetero) is 1. The van der Waals surface area contributed by atoms with Crippen molar-refractivity contribution in [3.05, 3.63) is 64.2 Å². The number of hydrogen-bond acceptors (Lipinski definition) is 14. The Hall–Kier alpha value is -5.66. The predicted octanol–water partition coefficient (Wildman–Crippen LogP) is 4.71. The van der Waals surface area contributed by atoms with Crippen LogP contribution in [0.4, 0.5) is 0 Å². The average molecular weight is 1010 g/mol. The highest BCUT2D eigenvalue weighted by Gasteiger charge is 2.60. The van der Waals surface area contributed by atoms with Crippen LogP contribution in [0.15, 0.2) is 53.1 Å². The molecule has 2 aromatic carbocycles. The number of carbonyl (C=O) groups is 7. The molecule has 6 rings (SSSR count). The lowest BCUT2D eigenvalue weighted by Crippen LogP contribution is -2.63. The number of aryl methyl sites for hydroxylation is 1. The zero-order valence-corrected chi connectivity index (χ0v) is 42.8. The van der Waals surface area contributed by atoms with Gasteiger partial charge in [-0.2, -0.15) is 0 Å². The van der Waals surface area contributed by atoms with E-state index in [1.165, 1.54) is 21.6 Å². The molecule has 4 aliphatic heterocycles. The fourth-order valence-electron chi connectivity index (χ4n) is 9.69. The Morgan fingerprint density at radius 1 is 0.972 bits per heavy atom. The fraction of sp³-hybridized carbons (Fsp3) is 0.596. The molecule has 0 spiro atoms. The van der Waals surface area contributed by atoms with E-state index in [1.54, 1.807) is 53.2 Å². The Morgan fingerprint density at radius 3 is 2.39 bits per heavy atom. The van der Waals surface area contributed by atoms with E-state index in [4.69, 9.17) is 18.9 Å². The number of unbranched alkanes of at least 4 members (excludes halogenated alkanes) is 2. The molecule has 0 radical (unpaired) electrons. The van der Waals surface area contributed by atoms with Gasteiger partial charge in [0.1, 0.15) is 23.6 Å². The summed E-state index contributed by atoms with van der Waals surface area (Å²) in [7, 11) is 3.12. The van der Waals surface area contributed by atoms with E-state index in [-0.39, 0.29) is 53.8 Å². The van der Waals surface area contributed by atoms with E-state index < -0.39 is 59.3 Å². The lowest BCUT2D eigenvalue weighted by atomic mass is 9.79. The summed E-state index contributed by atoms with van der Waals surface area (Å²) in [6.45, 7) is 10.1. The molecular formula is C52H71N5O13S. The van der Waals surface area contributed by atoms with Gasteiger partial charge in [0.15, 0.2) is 18.1 Å². The van der Waals surface area contributed by atoms with Crippen LogP contribution in [0.25, 0.3) is 0 Å². The highest BCUT2D eigenvalue weighted by Crippen LogP contribution is 2.52. The van der Waals surface area contributed by atoms with Crippen LogP contribution in [0.2, 0.25) is 0 Å². The second kappa shape index (κ2) is 24.6. The van der Waals surface area contributed by atoms with E-state index in [0.717, 1.165) is 12.0 Å². The molecule has 0 aromatic heterocycles. The average Bonchev–Trinajstić information content (AvgIpc) is 3.93. The number of hydrogen-bond donors (Lipinski definition) is 5. The molecule has 4 amide bonds. The van der Waals surface area contributed by atoms with Gasteiger partial charge in [0, 0.05) is 47.7 Å². The highest BCUT2D eigenvalue weighted by molar-refractivity contribution is 8.03. The number of esters is 1. The van der Waals surface area contributed by atoms with Crippen LogP contribution in [-0.2, 0) is 44.7 Å². The molecule has 4 heterocycles. The lowest BCUT2D eigenvalue weighted by molar-refractivity contribution is -0.164. The molecule has 5 N–H and O–H groups in total. The lowest BCUT2D eigenvalue weighted by Gasteiger charge is -2.46. The minimum Gasteiger partial charge on any atom is -0.493 e. The van der Waals surface area contributed by atoms with Crippen molar-refractivity contribution in [3.8, 4) is 17.2 Å². The molecule has 4 aliphatic rings. The number of carboxylic acids is 1. The number of thioether (sulfide) groups is 1. The predicted molar refractivity (Wildman–Crippen MR) is 264 cm³/mol. The summed E-state index contributed by atoms with van der Waals surface area (Å²) in [5, 5.41) is 29.1. The van der Waals surface area contributed by atoms with Crippen LogP contribution < -0.4 is 30.2 Å². The van der Waals surface area contributed by atoms with Crippen molar-refractivity contribution in [2.45, 2.75) is 134 Å². The Bertz CT molecular complexity index is 2320. The third-order valence-corrected chi connectivity index (χ3v) is 15.7. The molecule has 0 unspecified atom stereocenters. The maximum Gasteiger partial charge on any atom is 0.353 e. The Morgan fingerprint density at radius 2 is 1.70 bits per heavy atom. The first-order chi connectivity index (χ1) is 33.9. The number of piperidine rings is 1. The largest absolute Gasteiger partial charge is 0.493 e. The van der Waals surface area contributed by atoms with Gasteiger partial charge in [0.2, 0.25) is 17.6 Å². The molecule has 8 atom stereocenters. The smallest absolute Gasteiger partial charge is 0.353 e. The molecule has 2 aromatic rings. The number of fused-ring (bicyclic) bond motifs is 1. The van der Waals surface area contributed by atoms with Gasteiger partial charge in [-0.25, -0.2) is 9.59 Å². The number of likely N-dealkylation sites (tertiary alicyclic amines) is 1. The first kappa shape index (κ1) is 54.7. The third kappa shape index (κ3) is 13.1. The number of ketones is 1. The standard InChI is InChI=1S/C52H71N5O13S/c1-8-52(4,5)46(60)49(63)56-24-13-10-17-37(56)51(66)70-38(20-18-32-19-21-39(67-6)40(25-32)68-7)33-15-14-16-34(26-33)69-29-41(59)53-22-11-9-12-23-54-47(61)36-27-35(28-55-36)71-45-30(2)43-42(31(3)58)48(62)57(43)44(45)50(64)65/h14-16,19,21,25-26,30-31,35-38,42-43,55,58H,8-13,17-18,20,22-24,27-29H2,1-7H3,(H,53,59)(H,54,61)(H,64,65)/t30-,31-,35+,36+,37+,38-,42-,43-/m1/s1. The first-order valence-corrected chi connectivity index (χ1v) is 25.7. The number of aliphatic carboxylic acids is 1. The number of benzene rings is 2. The quantitative estimate of drug-likeness (QED) is 0.0392. The molecule has 0 bridgehead atoms. The molecular weight excluding hydrogens is 935 g/mol. The summed E-state index contributed by atoms with van der Waals surface area (Å²) in [4.78, 5) is 94.8. The maximum absolute atomic E-state index is 14.0. The van der Waals surface area contributed by atoms with Gasteiger partial charge in [-0.15, -0.1) is 11.8 Å². The normalized spacial score (nSPS) is 22.7. The zero-order valence-electron chi connectivity index (χ0n) is 42.0. The maximum atomic E-state index is 14.0. The van der Waals surface area contributed by atoms with Gasteiger partial charge in [-0.1, -0.05) is 45.9 Å². The number of amides is 4. The van der Waals surface area contributed by atoms with Crippen molar-refractivity contribution < 1.29 is 62.7 Å². The number of rotatable bonds is 25. The minimum absolute atomic E-state index is 0.0202. The molecule has 3 saturated heterocycles. The van der Waals surface area contributed by atoms with Gasteiger partial charge in [0.05, 0.1) is 38.3 Å². The van der Waals surface area contributed by atoms with Crippen LogP contribution in [0.1, 0.15) is 110 Å². The number of methoxy groups -OCH3 is 2. The minimum atomic E-state index is -1.17. The summed E-state index contributed by atoms with van der Waals surface area (Å²) in [6, 6.07) is 10.9. The van der Waals surface area contributed by atoms with E-state index in [2.05, 4.69) is 16.0 Å². The third-order valence-electron chi connectivity index (χ3n) is 14.2. The van der Waals surface area contributed by atoms with E-state index in [1.807, 2.05) is 38.1 Å². The van der Waals surface area contributed by atoms with Gasteiger partial charge in [-0.3, -0.25) is 24.0 Å². The second-order valence-corrected chi connectivity index (χ2v) is 20.8. The Kier molecular flexibility index (Phi) is 19.0. The van der Waals surface area contributed by atoms with E-state index >= 15 is 0 Å². The van der Waals surface area contributed by atoms with Gasteiger partial charge in [0.25, 0.3) is 11.8 Å². The molecule has 18 nitrogen and oxygen atoms in total. The fourth-order valence-corrected chi connectivity index (χ4v) is 11.2. The van der Waals surface area contributed by atoms with Crippen molar-refractivity contribution in [1.29, 1.82) is 0 Å². The molecule has 0 saturated carbocycles. The molecule has 19 heteroatoms. The van der Waals surface area contributed by atoms with Crippen LogP contribution in [0.5, 0.6) is 17.2 Å². The summed E-state index contributed by atoms with van der Waals surface area (Å²) >= 11 is 1.40. The topological polar surface area (TPSA) is 239 Å². The number of nitrogens with zero attached hydrogens (tertiary/aromatic N) is 2. The van der Waals surface area contributed by atoms with Crippen molar-refractivity contribution in [2.24, 2.45) is 17.3 Å². The van der Waals surface area contributed by atoms with E-state index in [0.29, 0.717) is 105 Å². The van der Waals surface area contributed by atoms with Crippen LogP contribution in [0, 0.1) is 17.3 Å². The highest BCUT2D eigenvalue weighted by atomic mass is 32.2. The summed E-state index contributed by atoms with van der Waals surface area (Å²) in [5.41, 5.74) is 0.657. The van der Waals surface area contributed by atoms with Crippen LogP contribution in [-0.4, -0.2) is 138 Å². The number of carboxylic acid groups (broad SMARTS) is 1. The number of carbonyl (C=O) groups excluding carboxylic acids is 6. The van der Waals surface area contributed by atoms with Crippen molar-refractivity contribution in [1.82, 2.24) is 25.8 Å². The second-order valence-electron chi connectivity index (χ2n) is 19.5. The summed E-state index contributed by atoms with van der Waals surface area (Å²) < 4.78 is 23.1. The van der Waals surface area contributed by atoms with Gasteiger partial charge in [-0.05, 0) is 107 Å². The summed E-state index contributed by atoms with van der Waals surface area (Å²) in [5.74, 6) is -3.14. The molecule has 71 heavy (non-hydrogen) atoms. The SMILES string of the molecule is CCC(C)(C)C(=O)C(=O)N1CCCC[C@H]1C(=O)O[C@H](CCc1ccc(OC)c(OC)c1)c1cccc(OCC(=O)NCCCCCNC(=O)[C@@H]2C[C@H](SC3=C(C(=O)O)N4C(=O)[C@H]([C@@H](C)O)[C@H]4[C@H]3C)CN2)c1. The number of nitrogens with one attached hydrogen (secondary N) is 3. The molecule has 3 fully saturated rings. The molecule has 0 aliphatic carbocycles. The summed E-state index contributed by atoms with van der Waals surface area (Å²) in [6.07, 6.45) is 4.04. The Labute approximate surface area is 420 Å². The number of β-lactam (4-membered cyclic amide) rings is 1. The monoisotopic (exact) mass is 1010 g/mol.